The number of pyridine rings is 1. The van der Waals surface area contributed by atoms with E-state index in [1.54, 1.807) is 6.20 Å². The van der Waals surface area contributed by atoms with Gasteiger partial charge in [-0.3, -0.25) is 9.78 Å². The first-order valence-corrected chi connectivity index (χ1v) is 8.01. The molecule has 6 nitrogen and oxygen atoms in total. The molecular formula is C18H17N5O. The largest absolute Gasteiger partial charge is 0.324 e. The van der Waals surface area contributed by atoms with Gasteiger partial charge in [0.2, 0.25) is 11.9 Å². The number of nitrogens with zero attached hydrogens (tertiary/aromatic N) is 3. The number of amides is 1. The van der Waals surface area contributed by atoms with E-state index in [2.05, 4.69) is 32.2 Å². The summed E-state index contributed by atoms with van der Waals surface area (Å²) >= 11 is 0. The average molecular weight is 319 g/mol. The topological polar surface area (TPSA) is 83.0 Å². The van der Waals surface area contributed by atoms with Crippen LogP contribution in [0.15, 0.2) is 47.7 Å². The fourth-order valence-electron chi connectivity index (χ4n) is 2.95. The van der Waals surface area contributed by atoms with Crippen molar-refractivity contribution in [2.24, 2.45) is 10.9 Å². The second kappa shape index (κ2) is 5.88. The molecule has 24 heavy (non-hydrogen) atoms. The number of aromatic nitrogens is 3. The molecule has 1 aromatic carbocycles. The summed E-state index contributed by atoms with van der Waals surface area (Å²) in [6.07, 6.45) is 4.94. The van der Waals surface area contributed by atoms with Crippen LogP contribution in [0, 0.1) is 5.92 Å². The van der Waals surface area contributed by atoms with Gasteiger partial charge in [0.25, 0.3) is 0 Å². The highest BCUT2D eigenvalue weighted by molar-refractivity contribution is 6.09. The summed E-state index contributed by atoms with van der Waals surface area (Å²) in [5.41, 5.74) is 3.90. The van der Waals surface area contributed by atoms with Gasteiger partial charge in [-0.15, -0.1) is 0 Å². The number of nitrogens with one attached hydrogen (secondary N) is 2. The number of benzene rings is 1. The van der Waals surface area contributed by atoms with Crippen molar-refractivity contribution in [2.45, 2.75) is 19.8 Å². The van der Waals surface area contributed by atoms with Crippen LogP contribution in [0.3, 0.4) is 0 Å². The molecule has 4 rings (SSSR count). The summed E-state index contributed by atoms with van der Waals surface area (Å²) in [4.78, 5) is 27.6. The maximum absolute atomic E-state index is 11.5. The maximum atomic E-state index is 11.5. The van der Waals surface area contributed by atoms with Gasteiger partial charge >= 0.3 is 0 Å². The fraction of sp³-hybridized carbons (Fsp3) is 0.222. The summed E-state index contributed by atoms with van der Waals surface area (Å²) in [6.45, 7) is 2.05. The Labute approximate surface area is 139 Å². The van der Waals surface area contributed by atoms with Gasteiger partial charge in [0, 0.05) is 30.3 Å². The summed E-state index contributed by atoms with van der Waals surface area (Å²) in [5.74, 6) is 1.39. The monoisotopic (exact) mass is 319 g/mol. The van der Waals surface area contributed by atoms with Crippen molar-refractivity contribution in [2.75, 3.05) is 5.32 Å². The van der Waals surface area contributed by atoms with Crippen molar-refractivity contribution in [3.8, 4) is 11.1 Å². The number of imidazole rings is 1. The molecule has 1 aliphatic rings. The van der Waals surface area contributed by atoms with E-state index in [-0.39, 0.29) is 11.8 Å². The molecule has 0 saturated carbocycles. The van der Waals surface area contributed by atoms with Crippen LogP contribution in [0.4, 0.5) is 5.95 Å². The van der Waals surface area contributed by atoms with E-state index in [0.717, 1.165) is 28.6 Å². The number of hydrogen-bond acceptors (Lipinski definition) is 4. The number of carbonyl (C=O) groups is 1. The fourth-order valence-corrected chi connectivity index (χ4v) is 2.95. The first-order chi connectivity index (χ1) is 11.7. The Morgan fingerprint density at radius 2 is 2.21 bits per heavy atom. The predicted molar refractivity (Wildman–Crippen MR) is 93.8 cm³/mol. The van der Waals surface area contributed by atoms with Crippen LogP contribution in [-0.4, -0.2) is 26.7 Å². The Morgan fingerprint density at radius 1 is 1.29 bits per heavy atom. The Bertz CT molecular complexity index is 929. The van der Waals surface area contributed by atoms with Crippen molar-refractivity contribution in [1.29, 1.82) is 0 Å². The molecule has 6 heteroatoms. The minimum Gasteiger partial charge on any atom is -0.324 e. The second-order valence-corrected chi connectivity index (χ2v) is 5.88. The number of rotatable bonds is 3. The van der Waals surface area contributed by atoms with Gasteiger partial charge in [-0.1, -0.05) is 19.1 Å². The third-order valence-corrected chi connectivity index (χ3v) is 4.27. The van der Waals surface area contributed by atoms with E-state index in [9.17, 15) is 4.79 Å². The van der Waals surface area contributed by atoms with E-state index in [4.69, 9.17) is 0 Å². The zero-order valence-corrected chi connectivity index (χ0v) is 13.3. The van der Waals surface area contributed by atoms with Crippen molar-refractivity contribution in [3.63, 3.8) is 0 Å². The third kappa shape index (κ3) is 2.67. The first-order valence-electron chi connectivity index (χ1n) is 8.01. The number of amidine groups is 1. The molecule has 3 aromatic rings. The van der Waals surface area contributed by atoms with Crippen LogP contribution in [0.1, 0.15) is 19.8 Å². The lowest BCUT2D eigenvalue weighted by Gasteiger charge is -2.09. The van der Waals surface area contributed by atoms with Gasteiger partial charge in [0.1, 0.15) is 5.84 Å². The van der Waals surface area contributed by atoms with Crippen molar-refractivity contribution in [3.05, 3.63) is 42.7 Å². The number of hydrogen-bond donors (Lipinski definition) is 2. The van der Waals surface area contributed by atoms with E-state index in [1.165, 1.54) is 0 Å². The van der Waals surface area contributed by atoms with Crippen LogP contribution in [0.2, 0.25) is 0 Å². The molecule has 0 fully saturated rings. The smallest absolute Gasteiger partial charge is 0.248 e. The molecule has 3 heterocycles. The minimum atomic E-state index is -0.0701. The number of carbonyl (C=O) groups excluding carboxylic acids is 1. The first kappa shape index (κ1) is 14.6. The molecular weight excluding hydrogens is 302 g/mol. The molecule has 1 unspecified atom stereocenters. The standard InChI is InChI=1S/C18H17N5O/c1-2-11-9-16(24)22-17(11)23-18-20-14-6-5-12(8-15(14)21-18)13-4-3-7-19-10-13/h3-8,10-11H,2,9H2,1H3,(H2,20,21,22,23,24). The molecule has 120 valence electrons. The molecule has 0 radical (unpaired) electrons. The van der Waals surface area contributed by atoms with Crippen LogP contribution < -0.4 is 5.32 Å². The Morgan fingerprint density at radius 3 is 3.00 bits per heavy atom. The van der Waals surface area contributed by atoms with Crippen molar-refractivity contribution >= 4 is 28.7 Å². The summed E-state index contributed by atoms with van der Waals surface area (Å²) < 4.78 is 0. The van der Waals surface area contributed by atoms with Gasteiger partial charge in [0.05, 0.1) is 11.0 Å². The zero-order valence-electron chi connectivity index (χ0n) is 13.3. The molecule has 2 aromatic heterocycles. The molecule has 0 spiro atoms. The molecule has 1 amide bonds. The number of anilines is 1. The highest BCUT2D eigenvalue weighted by Crippen LogP contribution is 2.25. The molecule has 0 bridgehead atoms. The molecule has 1 aliphatic heterocycles. The highest BCUT2D eigenvalue weighted by Gasteiger charge is 2.26. The molecule has 1 atom stereocenters. The number of H-pyrrole nitrogens is 1. The summed E-state index contributed by atoms with van der Waals surface area (Å²) in [5, 5.41) is 3.17. The maximum Gasteiger partial charge on any atom is 0.248 e. The summed E-state index contributed by atoms with van der Waals surface area (Å²) in [6, 6.07) is 9.98. The average Bonchev–Trinajstić information content (AvgIpc) is 3.17. The third-order valence-electron chi connectivity index (χ3n) is 4.27. The van der Waals surface area contributed by atoms with Crippen LogP contribution in [0.5, 0.6) is 0 Å². The van der Waals surface area contributed by atoms with Gasteiger partial charge in [0.15, 0.2) is 0 Å². The Hall–Kier alpha value is -3.02. The van der Waals surface area contributed by atoms with E-state index >= 15 is 0 Å². The van der Waals surface area contributed by atoms with Crippen molar-refractivity contribution < 1.29 is 4.79 Å². The van der Waals surface area contributed by atoms with Gasteiger partial charge < -0.3 is 10.3 Å². The van der Waals surface area contributed by atoms with Crippen LogP contribution >= 0.6 is 0 Å². The van der Waals surface area contributed by atoms with Gasteiger partial charge in [-0.05, 0) is 30.2 Å². The lowest BCUT2D eigenvalue weighted by Crippen LogP contribution is -2.19. The number of fused-ring (bicyclic) bond motifs is 1. The SMILES string of the molecule is CCC1CC(=O)N=C1Nc1nc2cc(-c3cccnc3)ccc2[nH]1. The summed E-state index contributed by atoms with van der Waals surface area (Å²) in [7, 11) is 0. The van der Waals surface area contributed by atoms with Gasteiger partial charge in [-0.2, -0.15) is 4.99 Å². The predicted octanol–water partition coefficient (Wildman–Crippen LogP) is 3.39. The van der Waals surface area contributed by atoms with Crippen molar-refractivity contribution in [1.82, 2.24) is 15.0 Å². The molecule has 0 saturated heterocycles. The minimum absolute atomic E-state index is 0.0701. The molecule has 2 N–H and O–H groups in total. The van der Waals surface area contributed by atoms with E-state index in [1.807, 2.05) is 36.5 Å². The quantitative estimate of drug-likeness (QED) is 0.775. The number of aliphatic imine (C=N–C) groups is 1. The van der Waals surface area contributed by atoms with E-state index in [0.29, 0.717) is 18.2 Å². The van der Waals surface area contributed by atoms with Crippen LogP contribution in [0.25, 0.3) is 22.2 Å². The highest BCUT2D eigenvalue weighted by atomic mass is 16.1. The Kier molecular flexibility index (Phi) is 3.57. The van der Waals surface area contributed by atoms with Crippen LogP contribution in [-0.2, 0) is 4.79 Å². The normalized spacial score (nSPS) is 17.3. The second-order valence-electron chi connectivity index (χ2n) is 5.88. The number of aromatic amines is 1. The van der Waals surface area contributed by atoms with Gasteiger partial charge in [-0.25, -0.2) is 4.98 Å². The zero-order chi connectivity index (χ0) is 16.5. The lowest BCUT2D eigenvalue weighted by atomic mass is 10.0. The Balaban J connectivity index is 1.64. The molecule has 0 aliphatic carbocycles. The van der Waals surface area contributed by atoms with E-state index < -0.39 is 0 Å². The lowest BCUT2D eigenvalue weighted by molar-refractivity contribution is -0.117.